The van der Waals surface area contributed by atoms with Crippen molar-refractivity contribution in [3.8, 4) is 0 Å². The average molecular weight is 267 g/mol. The fourth-order valence-corrected chi connectivity index (χ4v) is 2.29. The fourth-order valence-electron chi connectivity index (χ4n) is 2.29. The van der Waals surface area contributed by atoms with E-state index in [1.807, 2.05) is 29.2 Å². The summed E-state index contributed by atoms with van der Waals surface area (Å²) in [6.07, 6.45) is 5.68. The molecule has 1 aliphatic rings. The first kappa shape index (κ1) is 12.7. The van der Waals surface area contributed by atoms with Crippen molar-refractivity contribution < 1.29 is 4.79 Å². The Labute approximate surface area is 118 Å². The normalized spacial score (nSPS) is 14.0. The van der Waals surface area contributed by atoms with Crippen molar-refractivity contribution in [1.82, 2.24) is 9.88 Å². The maximum atomic E-state index is 12.7. The maximum Gasteiger partial charge on any atom is 0.256 e. The van der Waals surface area contributed by atoms with Crippen molar-refractivity contribution in [2.45, 2.75) is 25.4 Å². The molecule has 0 spiro atoms. The van der Waals surface area contributed by atoms with Crippen molar-refractivity contribution in [1.29, 1.82) is 0 Å². The second-order valence-corrected chi connectivity index (χ2v) is 5.11. The Morgan fingerprint density at radius 1 is 1.25 bits per heavy atom. The van der Waals surface area contributed by atoms with Gasteiger partial charge in [0, 0.05) is 30.7 Å². The molecule has 2 N–H and O–H groups in total. The van der Waals surface area contributed by atoms with Crippen LogP contribution in [0.15, 0.2) is 48.8 Å². The van der Waals surface area contributed by atoms with Gasteiger partial charge < -0.3 is 10.6 Å². The number of amides is 1. The van der Waals surface area contributed by atoms with Crippen LogP contribution < -0.4 is 5.73 Å². The Morgan fingerprint density at radius 3 is 2.70 bits per heavy atom. The second kappa shape index (κ2) is 5.33. The molecule has 1 fully saturated rings. The molecule has 2 aromatic rings. The molecule has 0 atom stereocenters. The minimum atomic E-state index is 0.00875. The molecule has 1 saturated carbocycles. The van der Waals surface area contributed by atoms with E-state index in [2.05, 4.69) is 4.98 Å². The molecule has 102 valence electrons. The third-order valence-electron chi connectivity index (χ3n) is 3.52. The summed E-state index contributed by atoms with van der Waals surface area (Å²) in [4.78, 5) is 18.7. The zero-order valence-corrected chi connectivity index (χ0v) is 11.2. The van der Waals surface area contributed by atoms with Gasteiger partial charge in [0.15, 0.2) is 0 Å². The predicted molar refractivity (Wildman–Crippen MR) is 78.0 cm³/mol. The molecule has 1 aromatic carbocycles. The lowest BCUT2D eigenvalue weighted by Crippen LogP contribution is -2.33. The van der Waals surface area contributed by atoms with Gasteiger partial charge in [-0.05, 0) is 36.6 Å². The highest BCUT2D eigenvalue weighted by Gasteiger charge is 2.33. The van der Waals surface area contributed by atoms with Crippen LogP contribution in [0.25, 0.3) is 0 Å². The van der Waals surface area contributed by atoms with Crippen LogP contribution >= 0.6 is 0 Å². The van der Waals surface area contributed by atoms with E-state index in [9.17, 15) is 4.79 Å². The van der Waals surface area contributed by atoms with Gasteiger partial charge in [0.2, 0.25) is 0 Å². The zero-order chi connectivity index (χ0) is 13.9. The predicted octanol–water partition coefficient (Wildman–Crippen LogP) is 2.47. The lowest BCUT2D eigenvalue weighted by molar-refractivity contribution is 0.0731. The van der Waals surface area contributed by atoms with Crippen LogP contribution in [-0.4, -0.2) is 21.8 Å². The number of para-hydroxylation sites is 1. The second-order valence-electron chi connectivity index (χ2n) is 5.11. The maximum absolute atomic E-state index is 12.7. The van der Waals surface area contributed by atoms with Crippen LogP contribution in [0.3, 0.4) is 0 Å². The van der Waals surface area contributed by atoms with Crippen LogP contribution in [0.4, 0.5) is 5.69 Å². The Hall–Kier alpha value is -2.36. The van der Waals surface area contributed by atoms with E-state index in [0.29, 0.717) is 23.8 Å². The summed E-state index contributed by atoms with van der Waals surface area (Å²) in [5.41, 5.74) is 8.08. The molecule has 0 saturated heterocycles. The summed E-state index contributed by atoms with van der Waals surface area (Å²) < 4.78 is 0. The summed E-state index contributed by atoms with van der Waals surface area (Å²) in [5.74, 6) is 0.00875. The van der Waals surface area contributed by atoms with Crippen molar-refractivity contribution in [3.63, 3.8) is 0 Å². The number of aromatic nitrogens is 1. The van der Waals surface area contributed by atoms with Gasteiger partial charge in [-0.3, -0.25) is 9.78 Å². The van der Waals surface area contributed by atoms with Crippen LogP contribution in [0.1, 0.15) is 28.8 Å². The first-order chi connectivity index (χ1) is 9.75. The molecule has 1 amide bonds. The molecular formula is C16H17N3O. The summed E-state index contributed by atoms with van der Waals surface area (Å²) in [6, 6.07) is 11.5. The Bertz CT molecular complexity index is 608. The van der Waals surface area contributed by atoms with Gasteiger partial charge in [0.05, 0.1) is 5.56 Å². The number of nitrogens with zero attached hydrogens (tertiary/aromatic N) is 2. The standard InChI is InChI=1S/C16H17N3O/c17-15-6-2-1-5-14(15)16(20)19(13-7-8-13)11-12-4-3-9-18-10-12/h1-6,9-10,13H,7-8,11,17H2. The van der Waals surface area contributed by atoms with Gasteiger partial charge in [-0.2, -0.15) is 0 Å². The highest BCUT2D eigenvalue weighted by molar-refractivity contribution is 5.99. The van der Waals surface area contributed by atoms with Gasteiger partial charge in [0.25, 0.3) is 5.91 Å². The van der Waals surface area contributed by atoms with E-state index >= 15 is 0 Å². The summed E-state index contributed by atoms with van der Waals surface area (Å²) in [6.45, 7) is 0.589. The highest BCUT2D eigenvalue weighted by Crippen LogP contribution is 2.30. The van der Waals surface area contributed by atoms with E-state index in [1.165, 1.54) is 0 Å². The third kappa shape index (κ3) is 2.64. The average Bonchev–Trinajstić information content (AvgIpc) is 3.30. The molecule has 0 unspecified atom stereocenters. The van der Waals surface area contributed by atoms with E-state index in [0.717, 1.165) is 18.4 Å². The third-order valence-corrected chi connectivity index (χ3v) is 3.52. The van der Waals surface area contributed by atoms with Crippen molar-refractivity contribution in [2.75, 3.05) is 5.73 Å². The van der Waals surface area contributed by atoms with Crippen LogP contribution in [0, 0.1) is 0 Å². The van der Waals surface area contributed by atoms with E-state index in [-0.39, 0.29) is 5.91 Å². The quantitative estimate of drug-likeness (QED) is 0.866. The minimum absolute atomic E-state index is 0.00875. The number of anilines is 1. The number of carbonyl (C=O) groups excluding carboxylic acids is 1. The summed E-state index contributed by atoms with van der Waals surface area (Å²) in [5, 5.41) is 0. The topological polar surface area (TPSA) is 59.2 Å². The fraction of sp³-hybridized carbons (Fsp3) is 0.250. The number of nitrogen functional groups attached to an aromatic ring is 1. The molecule has 1 heterocycles. The molecule has 1 aliphatic carbocycles. The molecule has 0 radical (unpaired) electrons. The monoisotopic (exact) mass is 267 g/mol. The van der Waals surface area contributed by atoms with E-state index < -0.39 is 0 Å². The molecule has 20 heavy (non-hydrogen) atoms. The van der Waals surface area contributed by atoms with E-state index in [4.69, 9.17) is 5.73 Å². The number of rotatable bonds is 4. The number of hydrogen-bond donors (Lipinski definition) is 1. The van der Waals surface area contributed by atoms with E-state index in [1.54, 1.807) is 24.5 Å². The zero-order valence-electron chi connectivity index (χ0n) is 11.2. The van der Waals surface area contributed by atoms with Gasteiger partial charge in [-0.1, -0.05) is 18.2 Å². The largest absolute Gasteiger partial charge is 0.398 e. The van der Waals surface area contributed by atoms with Crippen LogP contribution in [0.2, 0.25) is 0 Å². The first-order valence-electron chi connectivity index (χ1n) is 6.80. The minimum Gasteiger partial charge on any atom is -0.398 e. The SMILES string of the molecule is Nc1ccccc1C(=O)N(Cc1cccnc1)C1CC1. The van der Waals surface area contributed by atoms with Gasteiger partial charge >= 0.3 is 0 Å². The molecular weight excluding hydrogens is 250 g/mol. The molecule has 0 bridgehead atoms. The molecule has 4 heteroatoms. The Morgan fingerprint density at radius 2 is 2.05 bits per heavy atom. The lowest BCUT2D eigenvalue weighted by atomic mass is 10.1. The summed E-state index contributed by atoms with van der Waals surface area (Å²) in [7, 11) is 0. The Kier molecular flexibility index (Phi) is 3.37. The van der Waals surface area contributed by atoms with Gasteiger partial charge in [0.1, 0.15) is 0 Å². The highest BCUT2D eigenvalue weighted by atomic mass is 16.2. The first-order valence-corrected chi connectivity index (χ1v) is 6.80. The van der Waals surface area contributed by atoms with Crippen LogP contribution in [0.5, 0.6) is 0 Å². The van der Waals surface area contributed by atoms with Crippen molar-refractivity contribution in [2.24, 2.45) is 0 Å². The number of hydrogen-bond acceptors (Lipinski definition) is 3. The number of nitrogens with two attached hydrogens (primary N) is 1. The summed E-state index contributed by atoms with van der Waals surface area (Å²) >= 11 is 0. The Balaban J connectivity index is 1.84. The molecule has 4 nitrogen and oxygen atoms in total. The van der Waals surface area contributed by atoms with Crippen LogP contribution in [-0.2, 0) is 6.54 Å². The molecule has 1 aromatic heterocycles. The number of benzene rings is 1. The van der Waals surface area contributed by atoms with Gasteiger partial charge in [-0.15, -0.1) is 0 Å². The van der Waals surface area contributed by atoms with Crippen molar-refractivity contribution in [3.05, 3.63) is 59.9 Å². The molecule has 0 aliphatic heterocycles. The van der Waals surface area contributed by atoms with Crippen molar-refractivity contribution >= 4 is 11.6 Å². The smallest absolute Gasteiger partial charge is 0.256 e. The number of carbonyl (C=O) groups is 1. The van der Waals surface area contributed by atoms with Gasteiger partial charge in [-0.25, -0.2) is 0 Å². The lowest BCUT2D eigenvalue weighted by Gasteiger charge is -2.23. The number of pyridine rings is 1. The molecule has 3 rings (SSSR count).